The van der Waals surface area contributed by atoms with Gasteiger partial charge in [-0.1, -0.05) is 31.2 Å². The number of imidazole rings is 1. The van der Waals surface area contributed by atoms with Gasteiger partial charge >= 0.3 is 6.18 Å². The van der Waals surface area contributed by atoms with Crippen molar-refractivity contribution in [1.82, 2.24) is 19.5 Å². The average molecular weight is 487 g/mol. The summed E-state index contributed by atoms with van der Waals surface area (Å²) < 4.78 is 66.5. The van der Waals surface area contributed by atoms with E-state index in [1.165, 1.54) is 44.6 Å². The molecule has 0 spiro atoms. The van der Waals surface area contributed by atoms with Crippen molar-refractivity contribution in [3.05, 3.63) is 60.2 Å². The lowest BCUT2D eigenvalue weighted by molar-refractivity contribution is -0.146. The first-order chi connectivity index (χ1) is 16.1. The van der Waals surface area contributed by atoms with Gasteiger partial charge in [-0.15, -0.1) is 0 Å². The molecular weight excluding hydrogens is 465 g/mol. The number of fused-ring (bicyclic) bond motifs is 1. The third-order valence-electron chi connectivity index (χ3n) is 6.10. The van der Waals surface area contributed by atoms with E-state index in [0.717, 1.165) is 10.1 Å². The van der Waals surface area contributed by atoms with Crippen molar-refractivity contribution in [2.24, 2.45) is 7.05 Å². The molecule has 0 saturated heterocycles. The Morgan fingerprint density at radius 1 is 1.00 bits per heavy atom. The summed E-state index contributed by atoms with van der Waals surface area (Å²) in [7, 11) is -2.46. The maximum Gasteiger partial charge on any atom is 0.449 e. The molecule has 4 aromatic rings. The van der Waals surface area contributed by atoms with Crippen LogP contribution in [0.2, 0.25) is 0 Å². The van der Waals surface area contributed by atoms with Crippen LogP contribution in [0.1, 0.15) is 37.1 Å². The van der Waals surface area contributed by atoms with Gasteiger partial charge in [-0.3, -0.25) is 4.98 Å². The van der Waals surface area contributed by atoms with Crippen molar-refractivity contribution in [1.29, 1.82) is 0 Å². The third kappa shape index (κ3) is 3.96. The summed E-state index contributed by atoms with van der Waals surface area (Å²) in [5.74, 6) is -0.618. The molecule has 1 aliphatic rings. The lowest BCUT2D eigenvalue weighted by Gasteiger charge is -2.12. The van der Waals surface area contributed by atoms with Crippen LogP contribution in [0.3, 0.4) is 0 Å². The smallest absolute Gasteiger partial charge is 0.308 e. The average Bonchev–Trinajstić information content (AvgIpc) is 3.61. The fourth-order valence-corrected chi connectivity index (χ4v) is 5.12. The molecule has 1 saturated carbocycles. The summed E-state index contributed by atoms with van der Waals surface area (Å²) in [6, 6.07) is 11.0. The van der Waals surface area contributed by atoms with Gasteiger partial charge in [-0.05, 0) is 42.0 Å². The molecule has 0 unspecified atom stereocenters. The summed E-state index contributed by atoms with van der Waals surface area (Å²) in [5, 5.41) is 0. The van der Waals surface area contributed by atoms with Crippen LogP contribution < -0.4 is 0 Å². The lowest BCUT2D eigenvalue weighted by Crippen LogP contribution is -2.12. The van der Waals surface area contributed by atoms with Crippen molar-refractivity contribution >= 4 is 21.0 Å². The number of halogens is 3. The number of sulfone groups is 1. The normalized spacial score (nSPS) is 14.6. The summed E-state index contributed by atoms with van der Waals surface area (Å²) in [4.78, 5) is 12.2. The number of alkyl halides is 3. The van der Waals surface area contributed by atoms with Gasteiger partial charge < -0.3 is 4.57 Å². The van der Waals surface area contributed by atoms with Crippen LogP contribution in [0.15, 0.2) is 53.7 Å². The van der Waals surface area contributed by atoms with Crippen LogP contribution in [-0.4, -0.2) is 33.7 Å². The monoisotopic (exact) mass is 486 g/mol. The van der Waals surface area contributed by atoms with Crippen LogP contribution >= 0.6 is 0 Å². The number of hydrogen-bond donors (Lipinski definition) is 0. The largest absolute Gasteiger partial charge is 0.449 e. The fraction of sp³-hybridized carbons (Fsp3) is 0.292. The zero-order chi connectivity index (χ0) is 24.3. The Balaban J connectivity index is 1.62. The van der Waals surface area contributed by atoms with Crippen LogP contribution in [0.25, 0.3) is 33.5 Å². The minimum absolute atomic E-state index is 0.00638. The van der Waals surface area contributed by atoms with Gasteiger partial charge in [-0.2, -0.15) is 13.2 Å². The first-order valence-corrected chi connectivity index (χ1v) is 12.5. The molecule has 3 aromatic heterocycles. The Kier molecular flexibility index (Phi) is 5.23. The van der Waals surface area contributed by atoms with Crippen LogP contribution in [0.5, 0.6) is 0 Å². The molecule has 0 atom stereocenters. The van der Waals surface area contributed by atoms with E-state index >= 15 is 0 Å². The van der Waals surface area contributed by atoms with Crippen molar-refractivity contribution < 1.29 is 21.6 Å². The van der Waals surface area contributed by atoms with Gasteiger partial charge in [0.25, 0.3) is 0 Å². The number of aryl methyl sites for hydroxylation is 1. The highest BCUT2D eigenvalue weighted by Crippen LogP contribution is 2.41. The molecule has 1 aliphatic carbocycles. The molecule has 34 heavy (non-hydrogen) atoms. The summed E-state index contributed by atoms with van der Waals surface area (Å²) >= 11 is 0. The molecule has 10 heteroatoms. The zero-order valence-corrected chi connectivity index (χ0v) is 19.3. The van der Waals surface area contributed by atoms with Gasteiger partial charge in [0, 0.05) is 30.6 Å². The Bertz CT molecular complexity index is 1510. The minimum Gasteiger partial charge on any atom is -0.308 e. The molecule has 0 radical (unpaired) electrons. The van der Waals surface area contributed by atoms with E-state index in [-0.39, 0.29) is 33.1 Å². The van der Waals surface area contributed by atoms with Gasteiger partial charge in [0.2, 0.25) is 5.82 Å². The first kappa shape index (κ1) is 22.5. The topological polar surface area (TPSA) is 77.7 Å². The Labute approximate surface area is 194 Å². The maximum atomic E-state index is 13.3. The Morgan fingerprint density at radius 2 is 1.68 bits per heavy atom. The number of rotatable bonds is 5. The first-order valence-electron chi connectivity index (χ1n) is 10.8. The second kappa shape index (κ2) is 7.90. The number of benzene rings is 1. The van der Waals surface area contributed by atoms with E-state index in [2.05, 4.69) is 15.0 Å². The molecule has 0 amide bonds. The van der Waals surface area contributed by atoms with Gasteiger partial charge in [0.1, 0.15) is 5.52 Å². The van der Waals surface area contributed by atoms with E-state index in [1.807, 2.05) is 24.3 Å². The molecule has 5 rings (SSSR count). The molecule has 1 fully saturated rings. The molecule has 6 nitrogen and oxygen atoms in total. The molecule has 0 bridgehead atoms. The standard InChI is InChI=1S/C24H21F3N4O2S/c1-3-34(32,33)20-11-17(16-8-6-15(7-9-16)14-4-5-14)12-28-21(20)18-10-19-22(29-13-18)31(2)23(30-19)24(25,26)27/h6-14H,3-5H2,1-2H3. The van der Waals surface area contributed by atoms with Gasteiger partial charge in [-0.25, -0.2) is 18.4 Å². The van der Waals surface area contributed by atoms with Crippen LogP contribution in [-0.2, 0) is 23.1 Å². The molecule has 0 N–H and O–H groups in total. The van der Waals surface area contributed by atoms with Crippen molar-refractivity contribution in [3.63, 3.8) is 0 Å². The molecule has 3 heterocycles. The highest BCUT2D eigenvalue weighted by Gasteiger charge is 2.37. The van der Waals surface area contributed by atoms with Crippen molar-refractivity contribution in [2.45, 2.75) is 36.8 Å². The SMILES string of the molecule is CCS(=O)(=O)c1cc(-c2ccc(C3CC3)cc2)cnc1-c1cnc2c(c1)nc(C(F)(F)F)n2C. The predicted octanol–water partition coefficient (Wildman–Crippen LogP) is 5.39. The van der Waals surface area contributed by atoms with Crippen molar-refractivity contribution in [2.75, 3.05) is 5.75 Å². The molecule has 1 aromatic carbocycles. The predicted molar refractivity (Wildman–Crippen MR) is 122 cm³/mol. The van der Waals surface area contributed by atoms with Crippen LogP contribution in [0, 0.1) is 0 Å². The number of hydrogen-bond acceptors (Lipinski definition) is 5. The van der Waals surface area contributed by atoms with Gasteiger partial charge in [0.05, 0.1) is 16.3 Å². The highest BCUT2D eigenvalue weighted by atomic mass is 32.2. The second-order valence-corrected chi connectivity index (χ2v) is 10.7. The Morgan fingerprint density at radius 3 is 2.29 bits per heavy atom. The van der Waals surface area contributed by atoms with E-state index in [9.17, 15) is 21.6 Å². The summed E-state index contributed by atoms with van der Waals surface area (Å²) in [6.45, 7) is 1.53. The number of aromatic nitrogens is 4. The molecule has 0 aliphatic heterocycles. The minimum atomic E-state index is -4.64. The quantitative estimate of drug-likeness (QED) is 0.378. The van der Waals surface area contributed by atoms with E-state index in [4.69, 9.17) is 0 Å². The number of nitrogens with zero attached hydrogens (tertiary/aromatic N) is 4. The van der Waals surface area contributed by atoms with Gasteiger partial charge in [0.15, 0.2) is 15.5 Å². The Hall–Kier alpha value is -3.27. The summed E-state index contributed by atoms with van der Waals surface area (Å²) in [5.41, 5.74) is 3.21. The van der Waals surface area contributed by atoms with E-state index < -0.39 is 21.8 Å². The summed E-state index contributed by atoms with van der Waals surface area (Å²) in [6.07, 6.45) is 0.633. The maximum absolute atomic E-state index is 13.3. The second-order valence-electron chi connectivity index (χ2n) is 8.43. The van der Waals surface area contributed by atoms with E-state index in [0.29, 0.717) is 11.5 Å². The molecule has 176 valence electrons. The lowest BCUT2D eigenvalue weighted by atomic mass is 10.0. The third-order valence-corrected chi connectivity index (χ3v) is 7.84. The fourth-order valence-electron chi connectivity index (χ4n) is 4.04. The van der Waals surface area contributed by atoms with Crippen molar-refractivity contribution in [3.8, 4) is 22.4 Å². The molecular formula is C24H21F3N4O2S. The number of pyridine rings is 2. The zero-order valence-electron chi connectivity index (χ0n) is 18.5. The van der Waals surface area contributed by atoms with E-state index in [1.54, 1.807) is 12.3 Å². The van der Waals surface area contributed by atoms with Crippen LogP contribution in [0.4, 0.5) is 13.2 Å². The highest BCUT2D eigenvalue weighted by molar-refractivity contribution is 7.91.